The van der Waals surface area contributed by atoms with Crippen LogP contribution in [0.1, 0.15) is 0 Å². The van der Waals surface area contributed by atoms with Gasteiger partial charge in [0.1, 0.15) is 0 Å². The van der Waals surface area contributed by atoms with Crippen LogP contribution in [-0.4, -0.2) is 0 Å². The van der Waals surface area contributed by atoms with Crippen molar-refractivity contribution in [1.29, 1.82) is 0 Å². The molecular formula is CeCl6Ni2-2. The molecule has 0 unspecified atom stereocenters. The molecule has 0 spiro atoms. The molecular weight excluding hydrogens is 470 g/mol. The molecule has 0 aromatic heterocycles. The van der Waals surface area contributed by atoms with E-state index in [1.54, 1.807) is 0 Å². The van der Waals surface area contributed by atoms with Crippen molar-refractivity contribution in [2.45, 2.75) is 0 Å². The normalized spacial score (nSPS) is 0. The maximum Gasteiger partial charge on any atom is 2.00 e. The smallest absolute Gasteiger partial charge is 1.00 e. The molecule has 0 aromatic rings. The zero-order valence-corrected chi connectivity index (χ0v) is 13.1. The first kappa shape index (κ1) is 114. The Hall–Kier alpha value is 4.10. The van der Waals surface area contributed by atoms with Crippen LogP contribution >= 0.6 is 0 Å². The van der Waals surface area contributed by atoms with E-state index in [0.29, 0.717) is 0 Å². The average molecular weight is 470 g/mol. The van der Waals surface area contributed by atoms with Crippen LogP contribution < -0.4 is 74.4 Å². The van der Waals surface area contributed by atoms with Crippen LogP contribution in [0.15, 0.2) is 0 Å². The van der Waals surface area contributed by atoms with E-state index < -0.39 is 0 Å². The van der Waals surface area contributed by atoms with Crippen molar-refractivity contribution in [2.75, 3.05) is 0 Å². The maximum atomic E-state index is 0. The van der Waals surface area contributed by atoms with Crippen LogP contribution in [0.4, 0.5) is 0 Å². The Balaban J connectivity index is 0. The predicted molar refractivity (Wildman–Crippen MR) is 0 cm³/mol. The van der Waals surface area contributed by atoms with Gasteiger partial charge in [-0.25, -0.2) is 0 Å². The fourth-order valence-corrected chi connectivity index (χ4v) is 0. The molecule has 0 radical (unpaired) electrons. The van der Waals surface area contributed by atoms with E-state index in [9.17, 15) is 0 Å². The quantitative estimate of drug-likeness (QED) is 0.309. The third-order valence-corrected chi connectivity index (χ3v) is 0. The summed E-state index contributed by atoms with van der Waals surface area (Å²) >= 11 is 0. The maximum absolute atomic E-state index is 0. The molecule has 0 saturated heterocycles. The first-order valence-electron chi connectivity index (χ1n) is 0. The third kappa shape index (κ3) is 73.4. The number of hydrogen-bond acceptors (Lipinski definition) is 0. The van der Waals surface area contributed by atoms with Crippen LogP contribution in [0.2, 0.25) is 0 Å². The molecule has 0 aliphatic carbocycles. The molecule has 9 heteroatoms. The minimum absolute atomic E-state index is 0. The van der Waals surface area contributed by atoms with E-state index in [4.69, 9.17) is 0 Å². The molecule has 0 bridgehead atoms. The summed E-state index contributed by atoms with van der Waals surface area (Å²) in [7, 11) is 0. The molecule has 0 saturated carbocycles. The van der Waals surface area contributed by atoms with Crippen LogP contribution in [0.3, 0.4) is 0 Å². The molecule has 68 valence electrons. The van der Waals surface area contributed by atoms with Gasteiger partial charge >= 0.3 is 33.0 Å². The van der Waals surface area contributed by atoms with Crippen LogP contribution in [0, 0.1) is 41.7 Å². The van der Waals surface area contributed by atoms with E-state index in [1.165, 1.54) is 0 Å². The summed E-state index contributed by atoms with van der Waals surface area (Å²) in [5, 5.41) is 0. The van der Waals surface area contributed by atoms with Crippen molar-refractivity contribution in [3.05, 3.63) is 0 Å². The monoisotopic (exact) mass is 466 g/mol. The van der Waals surface area contributed by atoms with Gasteiger partial charge in [0, 0.05) is 41.7 Å². The second kappa shape index (κ2) is 88.6. The Bertz CT molecular complexity index is 11.0. The largest absolute Gasteiger partial charge is 2.00 e. The Kier molecular flexibility index (Phi) is 1120. The van der Waals surface area contributed by atoms with Gasteiger partial charge in [0.2, 0.25) is 0 Å². The molecule has 0 nitrogen and oxygen atoms in total. The Morgan fingerprint density at radius 1 is 0.333 bits per heavy atom. The Labute approximate surface area is 146 Å². The molecule has 0 amide bonds. The van der Waals surface area contributed by atoms with Crippen LogP contribution in [0.5, 0.6) is 0 Å². The summed E-state index contributed by atoms with van der Waals surface area (Å²) < 4.78 is 0. The number of halogens is 6. The van der Waals surface area contributed by atoms with Gasteiger partial charge in [0.15, 0.2) is 0 Å². The topological polar surface area (TPSA) is 0 Å². The molecule has 0 fully saturated rings. The Morgan fingerprint density at radius 3 is 0.333 bits per heavy atom. The zero-order valence-electron chi connectivity index (χ0n) is 3.40. The van der Waals surface area contributed by atoms with E-state index in [-0.39, 0.29) is 149 Å². The fraction of sp³-hybridized carbons (Fsp3) is 0. The Morgan fingerprint density at radius 2 is 0.333 bits per heavy atom. The van der Waals surface area contributed by atoms with Crippen LogP contribution in [-0.2, 0) is 33.0 Å². The standard InChI is InChI=1S/Ce.6ClH.2Ni/h;6*1H;;/q;;;;;;;2*+2/p-6. The van der Waals surface area contributed by atoms with E-state index in [1.807, 2.05) is 0 Å². The van der Waals surface area contributed by atoms with E-state index in [0.717, 1.165) is 0 Å². The van der Waals surface area contributed by atoms with Gasteiger partial charge in [-0.3, -0.25) is 0 Å². The fourth-order valence-electron chi connectivity index (χ4n) is 0. The van der Waals surface area contributed by atoms with Crippen LogP contribution in [0.25, 0.3) is 0 Å². The summed E-state index contributed by atoms with van der Waals surface area (Å²) in [6.45, 7) is 0. The first-order valence-corrected chi connectivity index (χ1v) is 0. The van der Waals surface area contributed by atoms with Gasteiger partial charge in [-0.2, -0.15) is 0 Å². The second-order valence-corrected chi connectivity index (χ2v) is 0. The third-order valence-electron chi connectivity index (χ3n) is 0. The molecule has 0 aliphatic heterocycles. The van der Waals surface area contributed by atoms with Crippen molar-refractivity contribution in [2.24, 2.45) is 0 Å². The van der Waals surface area contributed by atoms with Gasteiger partial charge in [-0.1, -0.05) is 0 Å². The zero-order chi connectivity index (χ0) is 0. The van der Waals surface area contributed by atoms with E-state index in [2.05, 4.69) is 0 Å². The molecule has 9 heavy (non-hydrogen) atoms. The second-order valence-electron chi connectivity index (χ2n) is 0. The average Bonchev–Trinajstić information content (AvgIpc) is 0. The minimum Gasteiger partial charge on any atom is -1.00 e. The summed E-state index contributed by atoms with van der Waals surface area (Å²) in [4.78, 5) is 0. The SMILES string of the molecule is [Ce].[Cl-].[Cl-].[Cl-].[Cl-].[Cl-].[Cl-].[Ni+2].[Ni+2]. The minimum atomic E-state index is 0. The van der Waals surface area contributed by atoms with Crippen molar-refractivity contribution < 1.29 is 149 Å². The van der Waals surface area contributed by atoms with Crippen molar-refractivity contribution in [3.8, 4) is 0 Å². The van der Waals surface area contributed by atoms with Gasteiger partial charge in [-0.05, 0) is 0 Å². The number of hydrogen-bond donors (Lipinski definition) is 0. The van der Waals surface area contributed by atoms with Gasteiger partial charge in [-0.15, -0.1) is 0 Å². The molecule has 0 N–H and O–H groups in total. The summed E-state index contributed by atoms with van der Waals surface area (Å²) in [6.07, 6.45) is 0. The van der Waals surface area contributed by atoms with Crippen molar-refractivity contribution >= 4 is 0 Å². The van der Waals surface area contributed by atoms with Gasteiger partial charge < -0.3 is 74.4 Å². The van der Waals surface area contributed by atoms with Gasteiger partial charge in [0.05, 0.1) is 0 Å². The summed E-state index contributed by atoms with van der Waals surface area (Å²) in [5.74, 6) is 0. The molecule has 0 aliphatic rings. The first-order chi connectivity index (χ1) is 0. The van der Waals surface area contributed by atoms with Crippen molar-refractivity contribution in [1.82, 2.24) is 0 Å². The van der Waals surface area contributed by atoms with E-state index >= 15 is 0 Å². The molecule has 0 atom stereocenters. The molecule has 0 heterocycles. The predicted octanol–water partition coefficient (Wildman–Crippen LogP) is -18.0. The van der Waals surface area contributed by atoms with Crippen molar-refractivity contribution in [3.63, 3.8) is 0 Å². The summed E-state index contributed by atoms with van der Waals surface area (Å²) in [6, 6.07) is 0. The molecule has 0 rings (SSSR count). The van der Waals surface area contributed by atoms with Gasteiger partial charge in [0.25, 0.3) is 0 Å². The summed E-state index contributed by atoms with van der Waals surface area (Å²) in [5.41, 5.74) is 0. The number of rotatable bonds is 0. The molecule has 0 aromatic carbocycles.